The Hall–Kier alpha value is -2.36. The maximum atomic E-state index is 12.4. The van der Waals surface area contributed by atoms with Crippen molar-refractivity contribution in [3.8, 4) is 11.9 Å². The summed E-state index contributed by atoms with van der Waals surface area (Å²) in [5, 5.41) is 12.6. The number of halogens is 3. The van der Waals surface area contributed by atoms with E-state index in [1.54, 1.807) is 13.0 Å². The fourth-order valence-corrected chi connectivity index (χ4v) is 1.44. The Kier molecular flexibility index (Phi) is 2.79. The molecule has 0 N–H and O–H groups in total. The molecule has 18 heavy (non-hydrogen) atoms. The Bertz CT molecular complexity index is 622. The molecule has 0 fully saturated rings. The smallest absolute Gasteiger partial charge is 0.236 e. The van der Waals surface area contributed by atoms with Gasteiger partial charge >= 0.3 is 6.18 Å². The van der Waals surface area contributed by atoms with Gasteiger partial charge in [-0.15, -0.1) is 0 Å². The molecule has 0 unspecified atom stereocenters. The van der Waals surface area contributed by atoms with Gasteiger partial charge in [0, 0.05) is 12.4 Å². The van der Waals surface area contributed by atoms with Crippen LogP contribution in [-0.2, 0) is 6.18 Å². The fraction of sp³-hybridized carbons (Fsp3) is 0.182. The van der Waals surface area contributed by atoms with Crippen molar-refractivity contribution in [1.82, 2.24) is 14.8 Å². The first kappa shape index (κ1) is 12.1. The predicted octanol–water partition coefficient (Wildman–Crippen LogP) is 2.47. The van der Waals surface area contributed by atoms with Gasteiger partial charge in [-0.1, -0.05) is 0 Å². The zero-order valence-corrected chi connectivity index (χ0v) is 9.23. The third kappa shape index (κ3) is 2.05. The van der Waals surface area contributed by atoms with E-state index < -0.39 is 11.7 Å². The summed E-state index contributed by atoms with van der Waals surface area (Å²) in [5.41, 5.74) is -0.0458. The number of aromatic nitrogens is 3. The highest BCUT2D eigenvalue weighted by Crippen LogP contribution is 2.29. The topological polar surface area (TPSA) is 54.5 Å². The monoisotopic (exact) mass is 252 g/mol. The highest BCUT2D eigenvalue weighted by atomic mass is 19.4. The van der Waals surface area contributed by atoms with Crippen LogP contribution < -0.4 is 0 Å². The molecule has 92 valence electrons. The average molecular weight is 252 g/mol. The first-order valence-electron chi connectivity index (χ1n) is 4.91. The van der Waals surface area contributed by atoms with Crippen molar-refractivity contribution in [3.05, 3.63) is 41.3 Å². The molecule has 2 aromatic heterocycles. The van der Waals surface area contributed by atoms with E-state index >= 15 is 0 Å². The van der Waals surface area contributed by atoms with Gasteiger partial charge in [0.1, 0.15) is 6.07 Å². The van der Waals surface area contributed by atoms with E-state index in [2.05, 4.69) is 10.1 Å². The Labute approximate surface area is 100 Å². The molecule has 0 radical (unpaired) electrons. The molecule has 2 aromatic rings. The van der Waals surface area contributed by atoms with E-state index in [0.717, 1.165) is 10.9 Å². The zero-order valence-electron chi connectivity index (χ0n) is 9.23. The van der Waals surface area contributed by atoms with Crippen molar-refractivity contribution in [3.63, 3.8) is 0 Å². The van der Waals surface area contributed by atoms with Crippen LogP contribution >= 0.6 is 0 Å². The Morgan fingerprint density at radius 1 is 1.39 bits per heavy atom. The summed E-state index contributed by atoms with van der Waals surface area (Å²) in [7, 11) is 0. The lowest BCUT2D eigenvalue weighted by atomic mass is 10.1. The summed E-state index contributed by atoms with van der Waals surface area (Å²) in [6, 6.07) is 3.51. The molecule has 0 atom stereocenters. The summed E-state index contributed by atoms with van der Waals surface area (Å²) >= 11 is 0. The van der Waals surface area contributed by atoms with E-state index in [-0.39, 0.29) is 11.4 Å². The lowest BCUT2D eigenvalue weighted by molar-refractivity contribution is -0.137. The third-order valence-corrected chi connectivity index (χ3v) is 2.38. The van der Waals surface area contributed by atoms with Crippen LogP contribution in [0.4, 0.5) is 13.2 Å². The molecule has 0 aliphatic rings. The van der Waals surface area contributed by atoms with E-state index in [1.165, 1.54) is 6.20 Å². The van der Waals surface area contributed by atoms with Gasteiger partial charge in [0.2, 0.25) is 0 Å². The number of aryl methyl sites for hydroxylation is 1. The normalized spacial score (nSPS) is 11.3. The number of alkyl halides is 3. The summed E-state index contributed by atoms with van der Waals surface area (Å²) in [6.45, 7) is 1.68. The molecule has 0 bridgehead atoms. The molecule has 0 spiro atoms. The van der Waals surface area contributed by atoms with Crippen molar-refractivity contribution in [2.24, 2.45) is 0 Å². The van der Waals surface area contributed by atoms with Crippen molar-refractivity contribution < 1.29 is 13.2 Å². The molecule has 0 aromatic carbocycles. The quantitative estimate of drug-likeness (QED) is 0.783. The van der Waals surface area contributed by atoms with Gasteiger partial charge < -0.3 is 0 Å². The molecule has 7 heteroatoms. The van der Waals surface area contributed by atoms with Gasteiger partial charge in [-0.3, -0.25) is 0 Å². The van der Waals surface area contributed by atoms with Gasteiger partial charge in [0.25, 0.3) is 0 Å². The van der Waals surface area contributed by atoms with Crippen molar-refractivity contribution in [2.75, 3.05) is 0 Å². The minimum atomic E-state index is -4.46. The van der Waals surface area contributed by atoms with E-state index in [1.807, 2.05) is 6.07 Å². The standard InChI is InChI=1S/C11H7F3N4/c1-7-2-3-16-10(9(7)4-15)18-6-8(5-17-18)11(12,13)14/h2-3,5-6H,1H3. The van der Waals surface area contributed by atoms with Gasteiger partial charge in [0.05, 0.1) is 17.3 Å². The number of nitrogens with zero attached hydrogens (tertiary/aromatic N) is 4. The number of hydrogen-bond acceptors (Lipinski definition) is 3. The second-order valence-corrected chi connectivity index (χ2v) is 3.61. The van der Waals surface area contributed by atoms with E-state index in [0.29, 0.717) is 11.8 Å². The molecule has 0 saturated heterocycles. The fourth-order valence-electron chi connectivity index (χ4n) is 1.44. The zero-order chi connectivity index (χ0) is 13.3. The minimum Gasteiger partial charge on any atom is -0.236 e. The van der Waals surface area contributed by atoms with Crippen LogP contribution in [0.2, 0.25) is 0 Å². The van der Waals surface area contributed by atoms with Crippen LogP contribution in [0.1, 0.15) is 16.7 Å². The van der Waals surface area contributed by atoms with Crippen LogP contribution in [-0.4, -0.2) is 14.8 Å². The largest absolute Gasteiger partial charge is 0.419 e. The molecular formula is C11H7F3N4. The lowest BCUT2D eigenvalue weighted by Crippen LogP contribution is -2.05. The van der Waals surface area contributed by atoms with Crippen LogP contribution in [0.25, 0.3) is 5.82 Å². The Morgan fingerprint density at radius 3 is 2.67 bits per heavy atom. The highest BCUT2D eigenvalue weighted by Gasteiger charge is 2.32. The van der Waals surface area contributed by atoms with Crippen molar-refractivity contribution in [2.45, 2.75) is 13.1 Å². The highest BCUT2D eigenvalue weighted by molar-refractivity contribution is 5.48. The molecular weight excluding hydrogens is 245 g/mol. The SMILES string of the molecule is Cc1ccnc(-n2cc(C(F)(F)F)cn2)c1C#N. The van der Waals surface area contributed by atoms with Crippen LogP contribution in [0, 0.1) is 18.3 Å². The molecule has 0 amide bonds. The number of rotatable bonds is 1. The number of nitriles is 1. The van der Waals surface area contributed by atoms with Crippen molar-refractivity contribution in [1.29, 1.82) is 5.26 Å². The molecule has 2 rings (SSSR count). The summed E-state index contributed by atoms with van der Waals surface area (Å²) < 4.78 is 38.3. The molecule has 0 aliphatic heterocycles. The maximum Gasteiger partial charge on any atom is 0.419 e. The number of pyridine rings is 1. The molecule has 4 nitrogen and oxygen atoms in total. The van der Waals surface area contributed by atoms with Crippen molar-refractivity contribution >= 4 is 0 Å². The van der Waals surface area contributed by atoms with Crippen LogP contribution in [0.15, 0.2) is 24.7 Å². The number of hydrogen-bond donors (Lipinski definition) is 0. The summed E-state index contributed by atoms with van der Waals surface area (Å²) in [6.07, 6.45) is -1.54. The van der Waals surface area contributed by atoms with Gasteiger partial charge in [0.15, 0.2) is 5.82 Å². The Balaban J connectivity index is 2.54. The first-order chi connectivity index (χ1) is 8.43. The van der Waals surface area contributed by atoms with Gasteiger partial charge in [-0.25, -0.2) is 9.67 Å². The first-order valence-corrected chi connectivity index (χ1v) is 4.91. The second-order valence-electron chi connectivity index (χ2n) is 3.61. The minimum absolute atomic E-state index is 0.0907. The lowest BCUT2D eigenvalue weighted by Gasteiger charge is -2.05. The molecule has 0 saturated carbocycles. The summed E-state index contributed by atoms with van der Waals surface area (Å²) in [5.74, 6) is 0.0907. The molecule has 0 aliphatic carbocycles. The predicted molar refractivity (Wildman–Crippen MR) is 55.8 cm³/mol. The van der Waals surface area contributed by atoms with Crippen LogP contribution in [0.3, 0.4) is 0 Å². The summed E-state index contributed by atoms with van der Waals surface area (Å²) in [4.78, 5) is 3.89. The Morgan fingerprint density at radius 2 is 2.11 bits per heavy atom. The molecule has 2 heterocycles. The van der Waals surface area contributed by atoms with E-state index in [9.17, 15) is 13.2 Å². The average Bonchev–Trinajstić information content (AvgIpc) is 2.77. The van der Waals surface area contributed by atoms with Gasteiger partial charge in [-0.05, 0) is 18.6 Å². The van der Waals surface area contributed by atoms with Crippen LogP contribution in [0.5, 0.6) is 0 Å². The second kappa shape index (κ2) is 4.14. The van der Waals surface area contributed by atoms with E-state index in [4.69, 9.17) is 5.26 Å². The van der Waals surface area contributed by atoms with Gasteiger partial charge in [-0.2, -0.15) is 23.5 Å². The third-order valence-electron chi connectivity index (χ3n) is 2.38. The maximum absolute atomic E-state index is 12.4.